The van der Waals surface area contributed by atoms with Gasteiger partial charge in [0.1, 0.15) is 17.3 Å². The van der Waals surface area contributed by atoms with Gasteiger partial charge < -0.3 is 28.1 Å². The SMILES string of the molecule is COc1cc(OC)c(-c2c(C=O)cc(OC)c(OC)c2OC)cc1-c1ccco1. The Labute approximate surface area is 168 Å². The van der Waals surface area contributed by atoms with E-state index in [0.717, 1.165) is 6.29 Å². The van der Waals surface area contributed by atoms with Gasteiger partial charge in [0, 0.05) is 22.8 Å². The van der Waals surface area contributed by atoms with E-state index in [0.29, 0.717) is 56.8 Å². The van der Waals surface area contributed by atoms with E-state index in [4.69, 9.17) is 28.1 Å². The van der Waals surface area contributed by atoms with E-state index in [1.165, 1.54) is 21.3 Å². The fourth-order valence-corrected chi connectivity index (χ4v) is 3.26. The van der Waals surface area contributed by atoms with Crippen molar-refractivity contribution < 1.29 is 32.9 Å². The van der Waals surface area contributed by atoms with Crippen LogP contribution in [0.4, 0.5) is 0 Å². The maximum Gasteiger partial charge on any atom is 0.203 e. The monoisotopic (exact) mass is 398 g/mol. The van der Waals surface area contributed by atoms with Gasteiger partial charge in [-0.05, 0) is 24.3 Å². The second-order valence-corrected chi connectivity index (χ2v) is 5.96. The van der Waals surface area contributed by atoms with Crippen LogP contribution < -0.4 is 23.7 Å². The van der Waals surface area contributed by atoms with Crippen LogP contribution in [-0.4, -0.2) is 41.8 Å². The Morgan fingerprint density at radius 3 is 1.93 bits per heavy atom. The summed E-state index contributed by atoms with van der Waals surface area (Å²) in [5, 5.41) is 0. The van der Waals surface area contributed by atoms with Gasteiger partial charge in [-0.15, -0.1) is 0 Å². The Morgan fingerprint density at radius 1 is 0.759 bits per heavy atom. The van der Waals surface area contributed by atoms with Gasteiger partial charge in [-0.25, -0.2) is 0 Å². The molecule has 0 aliphatic rings. The number of hydrogen-bond donors (Lipinski definition) is 0. The molecule has 0 N–H and O–H groups in total. The molecule has 0 radical (unpaired) electrons. The number of furan rings is 1. The first-order valence-electron chi connectivity index (χ1n) is 8.71. The number of carbonyl (C=O) groups excluding carboxylic acids is 1. The molecule has 0 atom stereocenters. The van der Waals surface area contributed by atoms with Gasteiger partial charge in [0.15, 0.2) is 17.8 Å². The Morgan fingerprint density at radius 2 is 1.41 bits per heavy atom. The summed E-state index contributed by atoms with van der Waals surface area (Å²) in [6.45, 7) is 0. The lowest BCUT2D eigenvalue weighted by Gasteiger charge is -2.20. The molecule has 2 aromatic carbocycles. The predicted octanol–water partition coefficient (Wildman–Crippen LogP) is 4.47. The highest BCUT2D eigenvalue weighted by Gasteiger charge is 2.26. The summed E-state index contributed by atoms with van der Waals surface area (Å²) in [4.78, 5) is 11.9. The molecule has 3 rings (SSSR count). The minimum absolute atomic E-state index is 0.350. The fraction of sp³-hybridized carbons (Fsp3) is 0.227. The molecule has 0 aliphatic carbocycles. The molecule has 0 aliphatic heterocycles. The summed E-state index contributed by atoms with van der Waals surface area (Å²) in [7, 11) is 7.60. The van der Waals surface area contributed by atoms with Gasteiger partial charge in [0.05, 0.1) is 47.4 Å². The standard InChI is InChI=1S/C22H22O7/c1-24-17-11-18(25-2)15(10-14(17)16-7-6-8-29-16)20-13(12-23)9-19(26-3)21(27-4)22(20)28-5/h6-12H,1-5H3. The first-order valence-corrected chi connectivity index (χ1v) is 8.71. The summed E-state index contributed by atoms with van der Waals surface area (Å²) in [6, 6.07) is 8.76. The van der Waals surface area contributed by atoms with Crippen molar-refractivity contribution in [1.29, 1.82) is 0 Å². The summed E-state index contributed by atoms with van der Waals surface area (Å²) in [5.74, 6) is 2.76. The van der Waals surface area contributed by atoms with Crippen LogP contribution in [0.5, 0.6) is 28.7 Å². The molecule has 29 heavy (non-hydrogen) atoms. The average molecular weight is 398 g/mol. The first kappa shape index (κ1) is 20.1. The zero-order valence-electron chi connectivity index (χ0n) is 16.9. The largest absolute Gasteiger partial charge is 0.496 e. The molecule has 0 amide bonds. The average Bonchev–Trinajstić information content (AvgIpc) is 3.31. The minimum atomic E-state index is 0.350. The third-order valence-electron chi connectivity index (χ3n) is 4.57. The second kappa shape index (κ2) is 8.60. The molecule has 1 heterocycles. The van der Waals surface area contributed by atoms with Crippen LogP contribution in [0.25, 0.3) is 22.5 Å². The molecule has 1 aromatic heterocycles. The normalized spacial score (nSPS) is 10.4. The zero-order valence-corrected chi connectivity index (χ0v) is 16.9. The Balaban J connectivity index is 2.41. The lowest BCUT2D eigenvalue weighted by Crippen LogP contribution is -2.02. The van der Waals surface area contributed by atoms with Gasteiger partial charge in [-0.1, -0.05) is 0 Å². The number of ether oxygens (including phenoxy) is 5. The van der Waals surface area contributed by atoms with Crippen LogP contribution in [0.15, 0.2) is 41.0 Å². The fourth-order valence-electron chi connectivity index (χ4n) is 3.26. The Bertz CT molecular complexity index is 1010. The maximum atomic E-state index is 11.9. The Kier molecular flexibility index (Phi) is 5.97. The molecule has 152 valence electrons. The first-order chi connectivity index (χ1) is 14.1. The smallest absolute Gasteiger partial charge is 0.203 e. The quantitative estimate of drug-likeness (QED) is 0.518. The van der Waals surface area contributed by atoms with Crippen LogP contribution in [0.2, 0.25) is 0 Å². The molecule has 0 spiro atoms. The number of methoxy groups -OCH3 is 5. The van der Waals surface area contributed by atoms with Crippen LogP contribution in [0.3, 0.4) is 0 Å². The van der Waals surface area contributed by atoms with Crippen molar-refractivity contribution >= 4 is 6.29 Å². The highest BCUT2D eigenvalue weighted by Crippen LogP contribution is 2.50. The van der Waals surface area contributed by atoms with Crippen molar-refractivity contribution in [1.82, 2.24) is 0 Å². The van der Waals surface area contributed by atoms with Gasteiger partial charge in [-0.2, -0.15) is 0 Å². The van der Waals surface area contributed by atoms with Crippen LogP contribution in [0, 0.1) is 0 Å². The third-order valence-corrected chi connectivity index (χ3v) is 4.57. The van der Waals surface area contributed by atoms with E-state index in [-0.39, 0.29) is 0 Å². The molecule has 0 unspecified atom stereocenters. The van der Waals surface area contributed by atoms with Crippen LogP contribution in [-0.2, 0) is 0 Å². The van der Waals surface area contributed by atoms with Crippen LogP contribution in [0.1, 0.15) is 10.4 Å². The van der Waals surface area contributed by atoms with Gasteiger partial charge in [0.2, 0.25) is 5.75 Å². The zero-order chi connectivity index (χ0) is 21.0. The summed E-state index contributed by atoms with van der Waals surface area (Å²) in [5.41, 5.74) is 2.17. The number of benzene rings is 2. The van der Waals surface area contributed by atoms with Crippen molar-refractivity contribution in [2.24, 2.45) is 0 Å². The second-order valence-electron chi connectivity index (χ2n) is 5.96. The number of aldehydes is 1. The molecule has 0 saturated carbocycles. The molecule has 0 fully saturated rings. The van der Waals surface area contributed by atoms with Gasteiger partial charge in [0.25, 0.3) is 0 Å². The predicted molar refractivity (Wildman–Crippen MR) is 108 cm³/mol. The summed E-state index contributed by atoms with van der Waals surface area (Å²) in [6.07, 6.45) is 2.31. The van der Waals surface area contributed by atoms with E-state index in [1.54, 1.807) is 38.7 Å². The van der Waals surface area contributed by atoms with E-state index in [2.05, 4.69) is 0 Å². The van der Waals surface area contributed by atoms with Crippen LogP contribution >= 0.6 is 0 Å². The Hall–Kier alpha value is -3.61. The van der Waals surface area contributed by atoms with Crippen molar-refractivity contribution in [2.45, 2.75) is 0 Å². The highest BCUT2D eigenvalue weighted by molar-refractivity contribution is 5.96. The molecule has 3 aromatic rings. The lowest BCUT2D eigenvalue weighted by molar-refractivity contribution is 0.112. The van der Waals surface area contributed by atoms with E-state index >= 15 is 0 Å². The van der Waals surface area contributed by atoms with Crippen molar-refractivity contribution in [3.63, 3.8) is 0 Å². The van der Waals surface area contributed by atoms with Crippen molar-refractivity contribution in [3.05, 3.63) is 42.2 Å². The van der Waals surface area contributed by atoms with Crippen molar-refractivity contribution in [2.75, 3.05) is 35.5 Å². The summed E-state index contributed by atoms with van der Waals surface area (Å²) >= 11 is 0. The number of carbonyl (C=O) groups is 1. The molecular weight excluding hydrogens is 376 g/mol. The molecule has 7 heteroatoms. The number of hydrogen-bond acceptors (Lipinski definition) is 7. The molecule has 7 nitrogen and oxygen atoms in total. The summed E-state index contributed by atoms with van der Waals surface area (Å²) < 4.78 is 33.1. The van der Waals surface area contributed by atoms with Gasteiger partial charge >= 0.3 is 0 Å². The number of rotatable bonds is 8. The van der Waals surface area contributed by atoms with Gasteiger partial charge in [-0.3, -0.25) is 4.79 Å². The highest BCUT2D eigenvalue weighted by atomic mass is 16.5. The van der Waals surface area contributed by atoms with E-state index in [1.807, 2.05) is 12.1 Å². The maximum absolute atomic E-state index is 11.9. The van der Waals surface area contributed by atoms with Crippen molar-refractivity contribution in [3.8, 4) is 51.2 Å². The van der Waals surface area contributed by atoms with E-state index in [9.17, 15) is 4.79 Å². The lowest BCUT2D eigenvalue weighted by atomic mass is 9.94. The van der Waals surface area contributed by atoms with E-state index < -0.39 is 0 Å². The third kappa shape index (κ3) is 3.47. The topological polar surface area (TPSA) is 76.4 Å². The molecule has 0 saturated heterocycles. The molecule has 0 bridgehead atoms. The minimum Gasteiger partial charge on any atom is -0.496 e. The molecular formula is C22H22O7.